The van der Waals surface area contributed by atoms with Crippen LogP contribution in [0.3, 0.4) is 0 Å². The van der Waals surface area contributed by atoms with Crippen molar-refractivity contribution in [3.8, 4) is 0 Å². The summed E-state index contributed by atoms with van der Waals surface area (Å²) in [5.41, 5.74) is 15.6. The minimum atomic E-state index is -0.362. The number of nitrogens with two attached hydrogens (primary N) is 2. The summed E-state index contributed by atoms with van der Waals surface area (Å²) in [4.78, 5) is 59.9. The maximum Gasteiger partial charge on any atom is 0.272 e. The SMILES string of the molecule is NCCNC(=O)c1cc2ccc(NC(=O)c3ccc4[nH]c(C(=O)Nc5ccc6cc(C(=O)NCCN)[nH]c6c5)cc4c3)cc2[nH]1. The number of benzene rings is 3. The van der Waals surface area contributed by atoms with E-state index in [4.69, 9.17) is 11.5 Å². The zero-order valence-corrected chi connectivity index (χ0v) is 24.0. The van der Waals surface area contributed by atoms with Gasteiger partial charge in [-0.05, 0) is 60.7 Å². The molecule has 0 bridgehead atoms. The highest BCUT2D eigenvalue weighted by Crippen LogP contribution is 2.24. The number of carbonyl (C=O) groups excluding carboxylic acids is 4. The summed E-state index contributed by atoms with van der Waals surface area (Å²) in [6, 6.07) is 20.9. The molecule has 0 aliphatic heterocycles. The quantitative estimate of drug-likeness (QED) is 0.114. The van der Waals surface area contributed by atoms with E-state index in [2.05, 4.69) is 36.2 Å². The number of rotatable bonds is 10. The van der Waals surface area contributed by atoms with Gasteiger partial charge in [0.2, 0.25) is 0 Å². The van der Waals surface area contributed by atoms with Crippen LogP contribution in [0, 0.1) is 0 Å². The lowest BCUT2D eigenvalue weighted by Gasteiger charge is -2.06. The molecule has 3 heterocycles. The molecular formula is C32H31N9O4. The molecule has 0 saturated carbocycles. The molecule has 0 atom stereocenters. The van der Waals surface area contributed by atoms with Gasteiger partial charge in [0.05, 0.1) is 0 Å². The van der Waals surface area contributed by atoms with E-state index < -0.39 is 0 Å². The fraction of sp³-hybridized carbons (Fsp3) is 0.125. The van der Waals surface area contributed by atoms with Crippen LogP contribution in [0.4, 0.5) is 11.4 Å². The fourth-order valence-corrected chi connectivity index (χ4v) is 5.01. The van der Waals surface area contributed by atoms with E-state index >= 15 is 0 Å². The number of H-pyrrole nitrogens is 3. The maximum atomic E-state index is 13.1. The molecule has 0 saturated heterocycles. The molecular weight excluding hydrogens is 574 g/mol. The van der Waals surface area contributed by atoms with Crippen LogP contribution < -0.4 is 32.7 Å². The molecule has 11 N–H and O–H groups in total. The van der Waals surface area contributed by atoms with Crippen LogP contribution in [-0.2, 0) is 0 Å². The van der Waals surface area contributed by atoms with Crippen LogP contribution >= 0.6 is 0 Å². The maximum absolute atomic E-state index is 13.1. The third kappa shape index (κ3) is 6.25. The second kappa shape index (κ2) is 12.4. The van der Waals surface area contributed by atoms with Crippen molar-refractivity contribution in [2.75, 3.05) is 36.8 Å². The number of nitrogens with one attached hydrogen (secondary N) is 7. The number of anilines is 2. The number of fused-ring (bicyclic) bond motifs is 3. The highest BCUT2D eigenvalue weighted by molar-refractivity contribution is 6.10. The predicted octanol–water partition coefficient (Wildman–Crippen LogP) is 3.01. The van der Waals surface area contributed by atoms with E-state index in [0.29, 0.717) is 82.1 Å². The van der Waals surface area contributed by atoms with Crippen LogP contribution in [0.25, 0.3) is 32.7 Å². The lowest BCUT2D eigenvalue weighted by Crippen LogP contribution is -2.29. The molecule has 0 unspecified atom stereocenters. The van der Waals surface area contributed by atoms with E-state index in [-0.39, 0.29) is 23.6 Å². The van der Waals surface area contributed by atoms with Gasteiger partial charge in [-0.25, -0.2) is 0 Å². The van der Waals surface area contributed by atoms with Gasteiger partial charge in [-0.3, -0.25) is 19.2 Å². The Morgan fingerprint density at radius 2 is 1.00 bits per heavy atom. The molecule has 6 aromatic rings. The van der Waals surface area contributed by atoms with Crippen molar-refractivity contribution in [1.29, 1.82) is 0 Å². The molecule has 3 aromatic heterocycles. The lowest BCUT2D eigenvalue weighted by molar-refractivity contribution is 0.0942. The smallest absolute Gasteiger partial charge is 0.272 e. The average Bonchev–Trinajstić information content (AvgIpc) is 3.78. The van der Waals surface area contributed by atoms with E-state index in [1.165, 1.54) is 0 Å². The van der Waals surface area contributed by atoms with Gasteiger partial charge in [-0.15, -0.1) is 0 Å². The summed E-state index contributed by atoms with van der Waals surface area (Å²) in [5, 5.41) is 13.5. The van der Waals surface area contributed by atoms with Crippen molar-refractivity contribution in [2.45, 2.75) is 0 Å². The second-order valence-corrected chi connectivity index (χ2v) is 10.5. The van der Waals surface area contributed by atoms with Gasteiger partial charge in [-0.1, -0.05) is 12.1 Å². The summed E-state index contributed by atoms with van der Waals surface area (Å²) in [5.74, 6) is -1.20. The van der Waals surface area contributed by atoms with Crippen molar-refractivity contribution in [2.24, 2.45) is 11.5 Å². The Kier molecular flexibility index (Phi) is 8.01. The van der Waals surface area contributed by atoms with Crippen molar-refractivity contribution >= 4 is 67.7 Å². The zero-order valence-electron chi connectivity index (χ0n) is 24.0. The van der Waals surface area contributed by atoms with Crippen LogP contribution in [0.15, 0.2) is 72.8 Å². The lowest BCUT2D eigenvalue weighted by atomic mass is 10.1. The number of carbonyl (C=O) groups is 4. The van der Waals surface area contributed by atoms with Gasteiger partial charge in [0.25, 0.3) is 23.6 Å². The number of hydrogen-bond donors (Lipinski definition) is 9. The minimum absolute atomic E-state index is 0.254. The first kappa shape index (κ1) is 29.2. The Labute approximate surface area is 256 Å². The van der Waals surface area contributed by atoms with Crippen LogP contribution in [0.5, 0.6) is 0 Å². The first-order valence-corrected chi connectivity index (χ1v) is 14.3. The van der Waals surface area contributed by atoms with Gasteiger partial charge in [0, 0.05) is 75.8 Å². The van der Waals surface area contributed by atoms with Gasteiger partial charge in [-0.2, -0.15) is 0 Å². The van der Waals surface area contributed by atoms with Gasteiger partial charge >= 0.3 is 0 Å². The first-order chi connectivity index (χ1) is 21.8. The highest BCUT2D eigenvalue weighted by Gasteiger charge is 2.15. The van der Waals surface area contributed by atoms with Crippen LogP contribution in [-0.4, -0.2) is 64.8 Å². The van der Waals surface area contributed by atoms with Crippen LogP contribution in [0.1, 0.15) is 41.8 Å². The van der Waals surface area contributed by atoms with E-state index in [1.54, 1.807) is 60.7 Å². The first-order valence-electron chi connectivity index (χ1n) is 14.3. The summed E-state index contributed by atoms with van der Waals surface area (Å²) >= 11 is 0. The Balaban J connectivity index is 1.13. The number of hydrogen-bond acceptors (Lipinski definition) is 6. The second-order valence-electron chi connectivity index (χ2n) is 10.5. The molecule has 0 aliphatic carbocycles. The normalized spacial score (nSPS) is 11.2. The molecule has 0 fully saturated rings. The molecule has 4 amide bonds. The number of aromatic nitrogens is 3. The van der Waals surface area contributed by atoms with Crippen molar-refractivity contribution in [3.05, 3.63) is 95.4 Å². The Hall–Kier alpha value is -5.92. The third-order valence-corrected chi connectivity index (χ3v) is 7.24. The molecule has 0 aliphatic rings. The van der Waals surface area contributed by atoms with Gasteiger partial charge < -0.3 is 47.7 Å². The van der Waals surface area contributed by atoms with E-state index in [9.17, 15) is 19.2 Å². The van der Waals surface area contributed by atoms with E-state index in [1.807, 2.05) is 12.1 Å². The van der Waals surface area contributed by atoms with Gasteiger partial charge in [0.15, 0.2) is 0 Å². The van der Waals surface area contributed by atoms with Gasteiger partial charge in [0.1, 0.15) is 17.1 Å². The minimum Gasteiger partial charge on any atom is -0.351 e. The number of amides is 4. The standard InChI is InChI=1S/C32H31N9O4/c33-7-9-35-30(43)26-12-17-1-4-21(15-24(17)40-26)37-29(42)19-3-6-23-20(11-19)14-28(39-23)32(45)38-22-5-2-18-13-27(41-25(18)16-22)31(44)36-10-8-34/h1-6,11-16,39-41H,7-10,33-34H2,(H,35,43)(H,36,44)(H,37,42)(H,38,45). The van der Waals surface area contributed by atoms with Crippen molar-refractivity contribution < 1.29 is 19.2 Å². The predicted molar refractivity (Wildman–Crippen MR) is 174 cm³/mol. The molecule has 0 radical (unpaired) electrons. The average molecular weight is 606 g/mol. The summed E-state index contributed by atoms with van der Waals surface area (Å²) in [6.45, 7) is 1.43. The molecule has 13 nitrogen and oxygen atoms in total. The number of aromatic amines is 3. The Morgan fingerprint density at radius 1 is 0.511 bits per heavy atom. The molecule has 45 heavy (non-hydrogen) atoms. The summed E-state index contributed by atoms with van der Waals surface area (Å²) in [7, 11) is 0. The summed E-state index contributed by atoms with van der Waals surface area (Å²) in [6.07, 6.45) is 0. The molecule has 13 heteroatoms. The third-order valence-electron chi connectivity index (χ3n) is 7.24. The van der Waals surface area contributed by atoms with Crippen LogP contribution in [0.2, 0.25) is 0 Å². The largest absolute Gasteiger partial charge is 0.351 e. The molecule has 6 rings (SSSR count). The van der Waals surface area contributed by atoms with E-state index in [0.717, 1.165) is 10.8 Å². The molecule has 0 spiro atoms. The monoisotopic (exact) mass is 605 g/mol. The zero-order chi connectivity index (χ0) is 31.5. The Morgan fingerprint density at radius 3 is 1.56 bits per heavy atom. The Bertz CT molecular complexity index is 1980. The molecule has 3 aromatic carbocycles. The highest BCUT2D eigenvalue weighted by atomic mass is 16.2. The fourth-order valence-electron chi connectivity index (χ4n) is 5.01. The summed E-state index contributed by atoms with van der Waals surface area (Å²) < 4.78 is 0. The van der Waals surface area contributed by atoms with Crippen molar-refractivity contribution in [1.82, 2.24) is 25.6 Å². The topological polar surface area (TPSA) is 216 Å². The van der Waals surface area contributed by atoms with Crippen molar-refractivity contribution in [3.63, 3.8) is 0 Å². The molecule has 228 valence electrons.